The number of phenolic OH excluding ortho intramolecular Hbond substituents is 1. The molecule has 0 spiro atoms. The molecule has 0 aromatic heterocycles. The van der Waals surface area contributed by atoms with Crippen molar-refractivity contribution in [1.29, 1.82) is 0 Å². The third-order valence-electron chi connectivity index (χ3n) is 2.13. The van der Waals surface area contributed by atoms with Crippen molar-refractivity contribution in [1.82, 2.24) is 5.32 Å². The molecule has 1 aromatic carbocycles. The zero-order valence-electron chi connectivity index (χ0n) is 6.45. The van der Waals surface area contributed by atoms with Crippen LogP contribution < -0.4 is 5.32 Å². The number of hydrogen-bond acceptors (Lipinski definition) is 3. The number of aromatic hydroxyl groups is 1. The van der Waals surface area contributed by atoms with Gasteiger partial charge in [-0.25, -0.2) is 0 Å². The average molecular weight is 163 g/mol. The van der Waals surface area contributed by atoms with Gasteiger partial charge in [-0.15, -0.1) is 0 Å². The van der Waals surface area contributed by atoms with Crippen LogP contribution in [0, 0.1) is 0 Å². The molecule has 1 atom stereocenters. The van der Waals surface area contributed by atoms with Gasteiger partial charge in [-0.2, -0.15) is 0 Å². The predicted octanol–water partition coefficient (Wildman–Crippen LogP) is 0.735. The highest BCUT2D eigenvalue weighted by Gasteiger charge is 2.23. The van der Waals surface area contributed by atoms with Crippen molar-refractivity contribution in [2.45, 2.75) is 12.6 Å². The summed E-state index contributed by atoms with van der Waals surface area (Å²) in [5.74, 6) is 0.203. The predicted molar refractivity (Wildman–Crippen MR) is 43.8 cm³/mol. The molecule has 0 radical (unpaired) electrons. The zero-order valence-corrected chi connectivity index (χ0v) is 6.45. The summed E-state index contributed by atoms with van der Waals surface area (Å²) in [6, 6.07) is 4.96. The first-order valence-corrected chi connectivity index (χ1v) is 3.82. The molecule has 0 saturated carbocycles. The standard InChI is InChI=1S/C9H9NO2/c11-5-7-9-6(4-10-7)2-1-3-8(9)12/h1-3,5,7,10,12H,4H2. The number of rotatable bonds is 1. The highest BCUT2D eigenvalue weighted by atomic mass is 16.3. The van der Waals surface area contributed by atoms with Gasteiger partial charge in [-0.3, -0.25) is 5.32 Å². The summed E-state index contributed by atoms with van der Waals surface area (Å²) in [5, 5.41) is 12.4. The molecule has 1 aromatic rings. The monoisotopic (exact) mass is 163 g/mol. The maximum Gasteiger partial charge on any atom is 0.141 e. The number of nitrogens with one attached hydrogen (secondary N) is 1. The fourth-order valence-electron chi connectivity index (χ4n) is 1.55. The quantitative estimate of drug-likeness (QED) is 0.600. The van der Waals surface area contributed by atoms with Crippen molar-refractivity contribution in [2.24, 2.45) is 0 Å². The van der Waals surface area contributed by atoms with Gasteiger partial charge in [0.15, 0.2) is 0 Å². The van der Waals surface area contributed by atoms with Gasteiger partial charge >= 0.3 is 0 Å². The van der Waals surface area contributed by atoms with E-state index in [1.54, 1.807) is 12.1 Å². The van der Waals surface area contributed by atoms with Crippen LogP contribution in [0.2, 0.25) is 0 Å². The Labute approximate surface area is 70.0 Å². The highest BCUT2D eigenvalue weighted by molar-refractivity contribution is 5.66. The SMILES string of the molecule is O=CC1NCc2cccc(O)c21. The lowest BCUT2D eigenvalue weighted by atomic mass is 10.1. The van der Waals surface area contributed by atoms with Crippen molar-refractivity contribution in [3.8, 4) is 5.75 Å². The lowest BCUT2D eigenvalue weighted by Crippen LogP contribution is -2.12. The first-order chi connectivity index (χ1) is 5.83. The largest absolute Gasteiger partial charge is 0.508 e. The van der Waals surface area contributed by atoms with Crippen LogP contribution in [0.3, 0.4) is 0 Å². The van der Waals surface area contributed by atoms with Crippen LogP contribution in [0.4, 0.5) is 0 Å². The number of phenols is 1. The Morgan fingerprint density at radius 1 is 1.58 bits per heavy atom. The fraction of sp³-hybridized carbons (Fsp3) is 0.222. The van der Waals surface area contributed by atoms with Crippen LogP contribution in [0.25, 0.3) is 0 Å². The molecule has 1 aliphatic heterocycles. The van der Waals surface area contributed by atoms with Crippen LogP contribution in [0.1, 0.15) is 17.2 Å². The normalized spacial score (nSPS) is 20.5. The van der Waals surface area contributed by atoms with E-state index < -0.39 is 0 Å². The molecule has 62 valence electrons. The summed E-state index contributed by atoms with van der Waals surface area (Å²) in [6.07, 6.45) is 0.811. The van der Waals surface area contributed by atoms with Crippen LogP contribution in [0.15, 0.2) is 18.2 Å². The van der Waals surface area contributed by atoms with Crippen molar-refractivity contribution in [3.63, 3.8) is 0 Å². The van der Waals surface area contributed by atoms with E-state index in [1.165, 1.54) is 0 Å². The maximum atomic E-state index is 10.5. The van der Waals surface area contributed by atoms with E-state index in [9.17, 15) is 9.90 Å². The summed E-state index contributed by atoms with van der Waals surface area (Å²) in [6.45, 7) is 0.660. The van der Waals surface area contributed by atoms with Crippen LogP contribution in [-0.2, 0) is 11.3 Å². The van der Waals surface area contributed by atoms with Crippen molar-refractivity contribution in [2.75, 3.05) is 0 Å². The Morgan fingerprint density at radius 2 is 2.42 bits per heavy atom. The first-order valence-electron chi connectivity index (χ1n) is 3.82. The van der Waals surface area contributed by atoms with E-state index in [-0.39, 0.29) is 11.8 Å². The topological polar surface area (TPSA) is 49.3 Å². The Morgan fingerprint density at radius 3 is 3.17 bits per heavy atom. The number of carbonyl (C=O) groups is 1. The van der Waals surface area contributed by atoms with Gasteiger partial charge in [0.1, 0.15) is 12.0 Å². The molecular formula is C9H9NO2. The molecule has 0 bridgehead atoms. The van der Waals surface area contributed by atoms with Crippen LogP contribution in [-0.4, -0.2) is 11.4 Å². The van der Waals surface area contributed by atoms with Crippen LogP contribution >= 0.6 is 0 Å². The van der Waals surface area contributed by atoms with Gasteiger partial charge in [0.25, 0.3) is 0 Å². The van der Waals surface area contributed by atoms with Gasteiger partial charge in [0.05, 0.1) is 6.04 Å². The number of carbonyl (C=O) groups excluding carboxylic acids is 1. The summed E-state index contributed by atoms with van der Waals surface area (Å²) in [7, 11) is 0. The fourth-order valence-corrected chi connectivity index (χ4v) is 1.55. The summed E-state index contributed by atoms with van der Waals surface area (Å²) < 4.78 is 0. The molecule has 1 aliphatic rings. The lowest BCUT2D eigenvalue weighted by molar-refractivity contribution is -0.109. The molecule has 2 rings (SSSR count). The minimum Gasteiger partial charge on any atom is -0.508 e. The molecule has 1 heterocycles. The molecule has 3 nitrogen and oxygen atoms in total. The summed E-state index contributed by atoms with van der Waals surface area (Å²) >= 11 is 0. The molecule has 0 amide bonds. The van der Waals surface area contributed by atoms with E-state index in [2.05, 4.69) is 5.32 Å². The number of fused-ring (bicyclic) bond motifs is 1. The zero-order chi connectivity index (χ0) is 8.55. The second-order valence-corrected chi connectivity index (χ2v) is 2.84. The maximum absolute atomic E-state index is 10.5. The third kappa shape index (κ3) is 0.905. The Kier molecular flexibility index (Phi) is 1.59. The van der Waals surface area contributed by atoms with E-state index >= 15 is 0 Å². The first kappa shape index (κ1) is 7.31. The van der Waals surface area contributed by atoms with E-state index in [1.807, 2.05) is 6.07 Å². The van der Waals surface area contributed by atoms with Crippen molar-refractivity contribution >= 4 is 6.29 Å². The Bertz CT molecular complexity index is 322. The Hall–Kier alpha value is -1.35. The molecule has 1 unspecified atom stereocenters. The lowest BCUT2D eigenvalue weighted by Gasteiger charge is -2.04. The van der Waals surface area contributed by atoms with Crippen LogP contribution in [0.5, 0.6) is 5.75 Å². The van der Waals surface area contributed by atoms with Gasteiger partial charge in [0, 0.05) is 12.1 Å². The van der Waals surface area contributed by atoms with E-state index in [4.69, 9.17) is 0 Å². The highest BCUT2D eigenvalue weighted by Crippen LogP contribution is 2.31. The van der Waals surface area contributed by atoms with Crippen molar-refractivity contribution in [3.05, 3.63) is 29.3 Å². The minimum atomic E-state index is -0.332. The molecule has 2 N–H and O–H groups in total. The van der Waals surface area contributed by atoms with Gasteiger partial charge in [-0.05, 0) is 11.6 Å². The Balaban J connectivity index is 2.55. The molecule has 3 heteroatoms. The molecule has 0 aliphatic carbocycles. The second-order valence-electron chi connectivity index (χ2n) is 2.84. The second kappa shape index (κ2) is 2.60. The van der Waals surface area contributed by atoms with E-state index in [0.29, 0.717) is 6.54 Å². The summed E-state index contributed by atoms with van der Waals surface area (Å²) in [4.78, 5) is 10.5. The summed E-state index contributed by atoms with van der Waals surface area (Å²) in [5.41, 5.74) is 1.74. The molecule has 12 heavy (non-hydrogen) atoms. The van der Waals surface area contributed by atoms with E-state index in [0.717, 1.165) is 17.4 Å². The van der Waals surface area contributed by atoms with Gasteiger partial charge in [0.2, 0.25) is 0 Å². The van der Waals surface area contributed by atoms with Gasteiger partial charge in [-0.1, -0.05) is 12.1 Å². The molecule has 0 saturated heterocycles. The average Bonchev–Trinajstić information content (AvgIpc) is 2.49. The molecular weight excluding hydrogens is 154 g/mol. The minimum absolute atomic E-state index is 0.203. The van der Waals surface area contributed by atoms with Crippen molar-refractivity contribution < 1.29 is 9.90 Å². The number of hydrogen-bond donors (Lipinski definition) is 2. The smallest absolute Gasteiger partial charge is 0.141 e. The third-order valence-corrected chi connectivity index (χ3v) is 2.13. The molecule has 0 fully saturated rings. The number of aldehydes is 1. The van der Waals surface area contributed by atoms with Gasteiger partial charge < -0.3 is 9.90 Å². The number of benzene rings is 1.